The molecule has 3 nitrogen and oxygen atoms in total. The lowest BCUT2D eigenvalue weighted by atomic mass is 10.3. The fourth-order valence-corrected chi connectivity index (χ4v) is 1.72. The van der Waals surface area contributed by atoms with Crippen LogP contribution in [0.3, 0.4) is 0 Å². The monoisotopic (exact) mass is 191 g/mol. The van der Waals surface area contributed by atoms with Gasteiger partial charge in [0.05, 0.1) is 12.4 Å². The molecule has 0 saturated carbocycles. The van der Waals surface area contributed by atoms with E-state index in [1.165, 1.54) is 23.6 Å². The summed E-state index contributed by atoms with van der Waals surface area (Å²) in [6.45, 7) is 4.01. The molecule has 1 N–H and O–H groups in total. The van der Waals surface area contributed by atoms with Crippen LogP contribution in [0.25, 0.3) is 0 Å². The van der Waals surface area contributed by atoms with Crippen LogP contribution in [0.4, 0.5) is 0 Å². The summed E-state index contributed by atoms with van der Waals surface area (Å²) in [5.41, 5.74) is 2.62. The smallest absolute Gasteiger partial charge is 0.0966 e. The fraction of sp³-hybridized carbons (Fsp3) is 0.545. The second-order valence-corrected chi connectivity index (χ2v) is 3.81. The Morgan fingerprint density at radius 2 is 2.36 bits per heavy atom. The minimum absolute atomic E-state index is 0.892. The third kappa shape index (κ3) is 1.81. The molecule has 3 heteroatoms. The lowest BCUT2D eigenvalue weighted by Gasteiger charge is -2.07. The Balaban J connectivity index is 1.94. The summed E-state index contributed by atoms with van der Waals surface area (Å²) >= 11 is 0. The summed E-state index contributed by atoms with van der Waals surface area (Å²) in [5.74, 6) is 1.17. The van der Waals surface area contributed by atoms with Crippen LogP contribution in [0.1, 0.15) is 24.2 Å². The van der Waals surface area contributed by atoms with Crippen molar-refractivity contribution in [2.75, 3.05) is 6.54 Å². The molecule has 2 rings (SSSR count). The van der Waals surface area contributed by atoms with Crippen LogP contribution < -0.4 is 5.32 Å². The Kier molecular flexibility index (Phi) is 2.57. The maximum atomic E-state index is 4.38. The van der Waals surface area contributed by atoms with E-state index in [1.54, 1.807) is 0 Å². The van der Waals surface area contributed by atoms with E-state index in [0.717, 1.165) is 19.5 Å². The first-order chi connectivity index (χ1) is 6.77. The average Bonchev–Trinajstić information content (AvgIpc) is 2.77. The number of nitrogens with zero attached hydrogens (tertiary/aromatic N) is 2. The first kappa shape index (κ1) is 9.31. The Hall–Kier alpha value is -1.25. The highest BCUT2D eigenvalue weighted by molar-refractivity contribution is 5.83. The van der Waals surface area contributed by atoms with Gasteiger partial charge in [0.15, 0.2) is 0 Å². The Bertz CT molecular complexity index is 349. The Morgan fingerprint density at radius 3 is 2.93 bits per heavy atom. The van der Waals surface area contributed by atoms with E-state index in [0.29, 0.717) is 0 Å². The van der Waals surface area contributed by atoms with Gasteiger partial charge in [-0.3, -0.25) is 4.99 Å². The first-order valence-corrected chi connectivity index (χ1v) is 5.16. The van der Waals surface area contributed by atoms with Crippen molar-refractivity contribution in [1.82, 2.24) is 9.88 Å². The van der Waals surface area contributed by atoms with Crippen LogP contribution >= 0.6 is 0 Å². The van der Waals surface area contributed by atoms with E-state index in [2.05, 4.69) is 41.0 Å². The highest BCUT2D eigenvalue weighted by atomic mass is 15.0. The SMILES string of the molecule is Cc1ccc(CNC2=NCCC2)n1C. The van der Waals surface area contributed by atoms with Crippen molar-refractivity contribution in [1.29, 1.82) is 0 Å². The number of aryl methyl sites for hydroxylation is 1. The molecular formula is C11H17N3. The largest absolute Gasteiger partial charge is 0.368 e. The van der Waals surface area contributed by atoms with Gasteiger partial charge in [-0.15, -0.1) is 0 Å². The van der Waals surface area contributed by atoms with Gasteiger partial charge in [0.1, 0.15) is 0 Å². The maximum absolute atomic E-state index is 4.38. The number of hydrogen-bond acceptors (Lipinski definition) is 2. The van der Waals surface area contributed by atoms with E-state index in [9.17, 15) is 0 Å². The molecule has 1 aromatic rings. The van der Waals surface area contributed by atoms with Gasteiger partial charge in [0.2, 0.25) is 0 Å². The zero-order chi connectivity index (χ0) is 9.97. The van der Waals surface area contributed by atoms with Gasteiger partial charge in [-0.05, 0) is 25.5 Å². The third-order valence-corrected chi connectivity index (χ3v) is 2.82. The average molecular weight is 191 g/mol. The van der Waals surface area contributed by atoms with Gasteiger partial charge in [-0.2, -0.15) is 0 Å². The van der Waals surface area contributed by atoms with Crippen molar-refractivity contribution in [3.63, 3.8) is 0 Å². The summed E-state index contributed by atoms with van der Waals surface area (Å²) in [6, 6.07) is 4.31. The van der Waals surface area contributed by atoms with Crippen LogP contribution in [-0.2, 0) is 13.6 Å². The molecule has 1 aliphatic rings. The highest BCUT2D eigenvalue weighted by Gasteiger charge is 2.06. The highest BCUT2D eigenvalue weighted by Crippen LogP contribution is 2.07. The molecule has 14 heavy (non-hydrogen) atoms. The molecule has 0 fully saturated rings. The zero-order valence-corrected chi connectivity index (χ0v) is 8.88. The van der Waals surface area contributed by atoms with Crippen LogP contribution in [0.15, 0.2) is 17.1 Å². The molecule has 0 aliphatic carbocycles. The van der Waals surface area contributed by atoms with Gasteiger partial charge >= 0.3 is 0 Å². The molecule has 0 radical (unpaired) electrons. The van der Waals surface area contributed by atoms with Crippen LogP contribution in [0, 0.1) is 6.92 Å². The van der Waals surface area contributed by atoms with Gasteiger partial charge in [0.25, 0.3) is 0 Å². The van der Waals surface area contributed by atoms with E-state index in [4.69, 9.17) is 0 Å². The number of nitrogens with one attached hydrogen (secondary N) is 1. The number of amidine groups is 1. The predicted molar refractivity (Wildman–Crippen MR) is 58.5 cm³/mol. The van der Waals surface area contributed by atoms with Crippen molar-refractivity contribution in [2.45, 2.75) is 26.3 Å². The second kappa shape index (κ2) is 3.86. The normalized spacial score (nSPS) is 15.7. The van der Waals surface area contributed by atoms with Crippen molar-refractivity contribution >= 4 is 5.84 Å². The van der Waals surface area contributed by atoms with E-state index in [1.807, 2.05) is 0 Å². The van der Waals surface area contributed by atoms with Gasteiger partial charge in [-0.25, -0.2) is 0 Å². The van der Waals surface area contributed by atoms with Crippen LogP contribution in [0.2, 0.25) is 0 Å². The first-order valence-electron chi connectivity index (χ1n) is 5.16. The van der Waals surface area contributed by atoms with E-state index >= 15 is 0 Å². The lowest BCUT2D eigenvalue weighted by molar-refractivity contribution is 0.757. The van der Waals surface area contributed by atoms with Crippen LogP contribution in [-0.4, -0.2) is 16.9 Å². The fourth-order valence-electron chi connectivity index (χ4n) is 1.72. The maximum Gasteiger partial charge on any atom is 0.0966 e. The topological polar surface area (TPSA) is 29.3 Å². The summed E-state index contributed by atoms with van der Waals surface area (Å²) in [6.07, 6.45) is 2.32. The summed E-state index contributed by atoms with van der Waals surface area (Å²) in [5, 5.41) is 3.38. The van der Waals surface area contributed by atoms with Crippen molar-refractivity contribution < 1.29 is 0 Å². The molecule has 1 aromatic heterocycles. The molecule has 0 spiro atoms. The number of aliphatic imine (C=N–C) groups is 1. The van der Waals surface area contributed by atoms with Crippen molar-refractivity contribution in [3.05, 3.63) is 23.5 Å². The minimum Gasteiger partial charge on any atom is -0.368 e. The molecule has 0 bridgehead atoms. The van der Waals surface area contributed by atoms with Crippen LogP contribution in [0.5, 0.6) is 0 Å². The Morgan fingerprint density at radius 1 is 1.50 bits per heavy atom. The standard InChI is InChI=1S/C11H17N3/c1-9-5-6-10(14(9)2)8-13-11-4-3-7-12-11/h5-6H,3-4,7-8H2,1-2H3,(H,12,13). The third-order valence-electron chi connectivity index (χ3n) is 2.82. The van der Waals surface area contributed by atoms with E-state index in [-0.39, 0.29) is 0 Å². The molecular weight excluding hydrogens is 174 g/mol. The molecule has 0 atom stereocenters. The van der Waals surface area contributed by atoms with Crippen molar-refractivity contribution in [2.24, 2.45) is 12.0 Å². The van der Waals surface area contributed by atoms with Gasteiger partial charge in [0, 0.05) is 31.4 Å². The molecule has 0 unspecified atom stereocenters. The predicted octanol–water partition coefficient (Wildman–Crippen LogP) is 1.62. The lowest BCUT2D eigenvalue weighted by Crippen LogP contribution is -2.22. The number of hydrogen-bond donors (Lipinski definition) is 1. The number of rotatable bonds is 2. The quantitative estimate of drug-likeness (QED) is 0.756. The molecule has 1 aliphatic heterocycles. The summed E-state index contributed by atoms with van der Waals surface area (Å²) in [4.78, 5) is 4.38. The number of aromatic nitrogens is 1. The Labute approximate surface area is 84.8 Å². The minimum atomic E-state index is 0.892. The molecule has 76 valence electrons. The zero-order valence-electron chi connectivity index (χ0n) is 8.88. The van der Waals surface area contributed by atoms with Gasteiger partial charge in [-0.1, -0.05) is 0 Å². The molecule has 0 amide bonds. The molecule has 2 heterocycles. The second-order valence-electron chi connectivity index (χ2n) is 3.81. The molecule has 0 saturated heterocycles. The van der Waals surface area contributed by atoms with Crippen molar-refractivity contribution in [3.8, 4) is 0 Å². The summed E-state index contributed by atoms with van der Waals surface area (Å²) in [7, 11) is 2.10. The summed E-state index contributed by atoms with van der Waals surface area (Å²) < 4.78 is 2.21. The van der Waals surface area contributed by atoms with E-state index < -0.39 is 0 Å². The van der Waals surface area contributed by atoms with Gasteiger partial charge < -0.3 is 9.88 Å². The molecule has 0 aromatic carbocycles.